The van der Waals surface area contributed by atoms with Crippen LogP contribution in [-0.2, 0) is 9.53 Å². The summed E-state index contributed by atoms with van der Waals surface area (Å²) in [6.45, 7) is 10.5. The van der Waals surface area contributed by atoms with Crippen molar-refractivity contribution in [3.63, 3.8) is 0 Å². The Labute approximate surface area is 171 Å². The normalized spacial score (nSPS) is 28.0. The first-order valence-electron chi connectivity index (χ1n) is 10.4. The van der Waals surface area contributed by atoms with E-state index in [-0.39, 0.29) is 17.6 Å². The Morgan fingerprint density at radius 1 is 1.07 bits per heavy atom. The Bertz CT molecular complexity index is 638. The minimum atomic E-state index is -0.710. The van der Waals surface area contributed by atoms with Crippen molar-refractivity contribution in [2.75, 3.05) is 14.2 Å². The summed E-state index contributed by atoms with van der Waals surface area (Å²) in [5.74, 6) is -0.397. The van der Waals surface area contributed by atoms with Gasteiger partial charge in [-0.25, -0.2) is 0 Å². The van der Waals surface area contributed by atoms with Crippen LogP contribution in [0.1, 0.15) is 66.7 Å². The SMILES string of the molecule is CN=C1C(=O)C(C)C(CC=C(C)CCC=C(C)CCC=C(C)C)C(O)C1OC. The summed E-state index contributed by atoms with van der Waals surface area (Å²) in [5.41, 5.74) is 4.45. The summed E-state index contributed by atoms with van der Waals surface area (Å²) >= 11 is 0. The van der Waals surface area contributed by atoms with Gasteiger partial charge in [0.05, 0.1) is 6.10 Å². The summed E-state index contributed by atoms with van der Waals surface area (Å²) in [6, 6.07) is 0. The zero-order chi connectivity index (χ0) is 21.3. The van der Waals surface area contributed by atoms with E-state index in [9.17, 15) is 9.90 Å². The van der Waals surface area contributed by atoms with E-state index in [0.29, 0.717) is 12.1 Å². The van der Waals surface area contributed by atoms with Crippen molar-refractivity contribution in [3.05, 3.63) is 34.9 Å². The van der Waals surface area contributed by atoms with Crippen molar-refractivity contribution in [3.8, 4) is 0 Å². The molecule has 28 heavy (non-hydrogen) atoms. The molecule has 0 heterocycles. The molecule has 1 rings (SSSR count). The maximum absolute atomic E-state index is 12.5. The smallest absolute Gasteiger partial charge is 0.182 e. The van der Waals surface area contributed by atoms with Crippen LogP contribution in [0.4, 0.5) is 0 Å². The predicted octanol–water partition coefficient (Wildman–Crippen LogP) is 5.08. The highest BCUT2D eigenvalue weighted by atomic mass is 16.5. The van der Waals surface area contributed by atoms with Crippen LogP contribution in [0.5, 0.6) is 0 Å². The fraction of sp³-hybridized carbons (Fsp3) is 0.667. The number of carbonyl (C=O) groups is 1. The molecule has 4 nitrogen and oxygen atoms in total. The predicted molar refractivity (Wildman–Crippen MR) is 118 cm³/mol. The topological polar surface area (TPSA) is 58.9 Å². The minimum absolute atomic E-state index is 0.00868. The average Bonchev–Trinajstić information content (AvgIpc) is 2.64. The third kappa shape index (κ3) is 7.14. The number of aliphatic imine (C=N–C) groups is 1. The first-order chi connectivity index (χ1) is 13.2. The first-order valence-corrected chi connectivity index (χ1v) is 10.4. The monoisotopic (exact) mass is 389 g/mol. The minimum Gasteiger partial charge on any atom is -0.390 e. The fourth-order valence-electron chi connectivity index (χ4n) is 3.76. The van der Waals surface area contributed by atoms with Crippen molar-refractivity contribution in [2.45, 2.75) is 78.9 Å². The van der Waals surface area contributed by atoms with Crippen LogP contribution in [0.3, 0.4) is 0 Å². The standard InChI is InChI=1S/C24H39NO3/c1-16(2)10-8-11-17(3)12-9-13-18(4)14-15-20-19(5)22(26)21(25-6)24(28-7)23(20)27/h10,12,14,19-20,23-24,27H,8-9,11,13,15H2,1-7H3. The van der Waals surface area contributed by atoms with Crippen LogP contribution in [0.15, 0.2) is 39.9 Å². The van der Waals surface area contributed by atoms with E-state index in [1.165, 1.54) is 23.8 Å². The molecule has 1 aliphatic rings. The number of nitrogens with zero attached hydrogens (tertiary/aromatic N) is 1. The van der Waals surface area contributed by atoms with Crippen LogP contribution in [0, 0.1) is 11.8 Å². The number of methoxy groups -OCH3 is 1. The molecule has 158 valence electrons. The Balaban J connectivity index is 2.62. The molecule has 0 aromatic heterocycles. The number of hydrogen-bond donors (Lipinski definition) is 1. The average molecular weight is 390 g/mol. The summed E-state index contributed by atoms with van der Waals surface area (Å²) in [6.07, 6.45) is 10.4. The molecule has 0 aromatic rings. The lowest BCUT2D eigenvalue weighted by Gasteiger charge is -2.37. The lowest BCUT2D eigenvalue weighted by Crippen LogP contribution is -2.53. The second-order valence-corrected chi connectivity index (χ2v) is 8.27. The Morgan fingerprint density at radius 2 is 1.64 bits per heavy atom. The van der Waals surface area contributed by atoms with Gasteiger partial charge in [0, 0.05) is 26.0 Å². The Kier molecular flexibility index (Phi) is 10.6. The lowest BCUT2D eigenvalue weighted by atomic mass is 9.73. The van der Waals surface area contributed by atoms with Crippen molar-refractivity contribution in [1.29, 1.82) is 0 Å². The van der Waals surface area contributed by atoms with E-state index >= 15 is 0 Å². The largest absolute Gasteiger partial charge is 0.390 e. The second kappa shape index (κ2) is 12.1. The van der Waals surface area contributed by atoms with Crippen LogP contribution in [-0.4, -0.2) is 43.0 Å². The highest BCUT2D eigenvalue weighted by Crippen LogP contribution is 2.31. The molecule has 0 saturated heterocycles. The van der Waals surface area contributed by atoms with Crippen LogP contribution in [0.2, 0.25) is 0 Å². The molecule has 1 saturated carbocycles. The number of hydrogen-bond acceptors (Lipinski definition) is 4. The van der Waals surface area contributed by atoms with Crippen molar-refractivity contribution in [2.24, 2.45) is 16.8 Å². The molecular weight excluding hydrogens is 350 g/mol. The molecule has 0 spiro atoms. The second-order valence-electron chi connectivity index (χ2n) is 8.27. The molecular formula is C24H39NO3. The lowest BCUT2D eigenvalue weighted by molar-refractivity contribution is -0.125. The molecule has 4 heteroatoms. The number of rotatable bonds is 9. The van der Waals surface area contributed by atoms with Gasteiger partial charge in [-0.05, 0) is 59.8 Å². The molecule has 4 unspecified atom stereocenters. The van der Waals surface area contributed by atoms with Gasteiger partial charge in [-0.15, -0.1) is 0 Å². The van der Waals surface area contributed by atoms with Gasteiger partial charge in [-0.1, -0.05) is 41.9 Å². The number of carbonyl (C=O) groups excluding carboxylic acids is 1. The molecule has 0 amide bonds. The number of allylic oxidation sites excluding steroid dienone is 6. The molecule has 0 aromatic carbocycles. The summed E-state index contributed by atoms with van der Waals surface area (Å²) in [7, 11) is 3.10. The number of aliphatic hydroxyl groups excluding tert-OH is 1. The van der Waals surface area contributed by atoms with Gasteiger partial charge in [-0.3, -0.25) is 9.79 Å². The third-order valence-electron chi connectivity index (χ3n) is 5.68. The summed E-state index contributed by atoms with van der Waals surface area (Å²) < 4.78 is 5.37. The van der Waals surface area contributed by atoms with E-state index in [1.807, 2.05) is 6.92 Å². The quantitative estimate of drug-likeness (QED) is 0.560. The number of Topliss-reactive ketones (excluding diaryl/α,β-unsaturated/α-hetero) is 1. The first kappa shape index (κ1) is 24.5. The summed E-state index contributed by atoms with van der Waals surface area (Å²) in [4.78, 5) is 16.6. The molecule has 4 atom stereocenters. The van der Waals surface area contributed by atoms with Crippen LogP contribution in [0.25, 0.3) is 0 Å². The van der Waals surface area contributed by atoms with E-state index in [0.717, 1.165) is 25.7 Å². The van der Waals surface area contributed by atoms with Crippen LogP contribution < -0.4 is 0 Å². The molecule has 1 aliphatic carbocycles. The molecule has 1 N–H and O–H groups in total. The van der Waals surface area contributed by atoms with Gasteiger partial charge in [0.25, 0.3) is 0 Å². The van der Waals surface area contributed by atoms with Crippen molar-refractivity contribution >= 4 is 11.5 Å². The fourth-order valence-corrected chi connectivity index (χ4v) is 3.76. The Hall–Kier alpha value is -1.52. The third-order valence-corrected chi connectivity index (χ3v) is 5.68. The maximum atomic E-state index is 12.5. The molecule has 0 radical (unpaired) electrons. The highest BCUT2D eigenvalue weighted by molar-refractivity contribution is 6.43. The van der Waals surface area contributed by atoms with E-state index in [1.54, 1.807) is 7.05 Å². The summed E-state index contributed by atoms with van der Waals surface area (Å²) in [5, 5.41) is 10.7. The van der Waals surface area contributed by atoms with E-state index in [2.05, 4.69) is 50.9 Å². The van der Waals surface area contributed by atoms with E-state index < -0.39 is 12.2 Å². The van der Waals surface area contributed by atoms with Gasteiger partial charge >= 0.3 is 0 Å². The number of ether oxygens (including phenoxy) is 1. The number of aliphatic hydroxyl groups is 1. The zero-order valence-corrected chi connectivity index (χ0v) is 18.8. The molecule has 1 fully saturated rings. The number of ketones is 1. The molecule has 0 aliphatic heterocycles. The van der Waals surface area contributed by atoms with E-state index in [4.69, 9.17) is 4.74 Å². The van der Waals surface area contributed by atoms with Gasteiger partial charge in [0.1, 0.15) is 11.8 Å². The van der Waals surface area contributed by atoms with Crippen LogP contribution >= 0.6 is 0 Å². The highest BCUT2D eigenvalue weighted by Gasteiger charge is 2.45. The zero-order valence-electron chi connectivity index (χ0n) is 18.8. The van der Waals surface area contributed by atoms with Gasteiger partial charge in [0.15, 0.2) is 5.78 Å². The Morgan fingerprint density at radius 3 is 2.18 bits per heavy atom. The van der Waals surface area contributed by atoms with Crippen molar-refractivity contribution < 1.29 is 14.6 Å². The van der Waals surface area contributed by atoms with Crippen molar-refractivity contribution in [1.82, 2.24) is 0 Å². The van der Waals surface area contributed by atoms with Gasteiger partial charge in [0.2, 0.25) is 0 Å². The van der Waals surface area contributed by atoms with Gasteiger partial charge < -0.3 is 9.84 Å². The van der Waals surface area contributed by atoms with Gasteiger partial charge in [-0.2, -0.15) is 0 Å². The molecule has 0 bridgehead atoms. The maximum Gasteiger partial charge on any atom is 0.182 e.